The number of phenols is 1. The summed E-state index contributed by atoms with van der Waals surface area (Å²) in [5.41, 5.74) is 3.54. The summed E-state index contributed by atoms with van der Waals surface area (Å²) in [7, 11) is 0. The van der Waals surface area contributed by atoms with Gasteiger partial charge in [-0.2, -0.15) is 0 Å². The number of carbonyl (C=O) groups excluding carboxylic acids is 2. The van der Waals surface area contributed by atoms with Gasteiger partial charge < -0.3 is 14.8 Å². The van der Waals surface area contributed by atoms with Gasteiger partial charge in [-0.15, -0.1) is 0 Å². The number of benzene rings is 3. The van der Waals surface area contributed by atoms with Crippen LogP contribution in [0.5, 0.6) is 5.75 Å². The van der Waals surface area contributed by atoms with Crippen LogP contribution in [0.2, 0.25) is 0 Å². The van der Waals surface area contributed by atoms with Crippen molar-refractivity contribution in [2.75, 3.05) is 5.32 Å². The van der Waals surface area contributed by atoms with E-state index in [1.165, 1.54) is 12.1 Å². The van der Waals surface area contributed by atoms with E-state index in [0.29, 0.717) is 39.9 Å². The predicted octanol–water partition coefficient (Wildman–Crippen LogP) is 5.12. The lowest BCUT2D eigenvalue weighted by Gasteiger charge is -2.08. The molecular weight excluding hydrogens is 402 g/mol. The molecule has 0 atom stereocenters. The van der Waals surface area contributed by atoms with E-state index in [0.717, 1.165) is 5.56 Å². The minimum atomic E-state index is -0.574. The number of nitrogens with one attached hydrogen (secondary N) is 2. The van der Waals surface area contributed by atoms with Gasteiger partial charge in [0.1, 0.15) is 11.3 Å². The summed E-state index contributed by atoms with van der Waals surface area (Å²) in [4.78, 5) is 28.7. The number of aromatic hydroxyl groups is 1. The lowest BCUT2D eigenvalue weighted by atomic mass is 10.1. The maximum atomic E-state index is 12.2. The zero-order valence-corrected chi connectivity index (χ0v) is 16.7. The molecule has 0 fully saturated rings. The van der Waals surface area contributed by atoms with Gasteiger partial charge >= 0.3 is 6.03 Å². The van der Waals surface area contributed by atoms with Crippen molar-refractivity contribution in [3.8, 4) is 17.2 Å². The maximum absolute atomic E-state index is 12.2. The first-order valence-electron chi connectivity index (χ1n) is 9.03. The molecule has 1 aromatic heterocycles. The second-order valence-electron chi connectivity index (χ2n) is 6.53. The molecule has 4 rings (SSSR count). The van der Waals surface area contributed by atoms with Gasteiger partial charge in [0, 0.05) is 23.2 Å². The van der Waals surface area contributed by atoms with Crippen LogP contribution < -0.4 is 10.0 Å². The van der Waals surface area contributed by atoms with Gasteiger partial charge in [0.15, 0.2) is 5.58 Å². The van der Waals surface area contributed by atoms with Crippen molar-refractivity contribution in [2.45, 2.75) is 6.92 Å². The number of fused-ring (bicyclic) bond motifs is 1. The van der Waals surface area contributed by atoms with Crippen LogP contribution in [0.4, 0.5) is 10.5 Å². The highest BCUT2D eigenvalue weighted by molar-refractivity contribution is 8.12. The highest BCUT2D eigenvalue weighted by Gasteiger charge is 2.15. The lowest BCUT2D eigenvalue weighted by molar-refractivity contribution is 0.108. The van der Waals surface area contributed by atoms with Crippen molar-refractivity contribution in [3.05, 3.63) is 77.9 Å². The quantitative estimate of drug-likeness (QED) is 0.314. The Morgan fingerprint density at radius 2 is 1.80 bits per heavy atom. The number of hydrogen-bond donors (Lipinski definition) is 3. The van der Waals surface area contributed by atoms with Crippen LogP contribution in [-0.2, 0) is 0 Å². The summed E-state index contributed by atoms with van der Waals surface area (Å²) < 4.78 is 8.14. The molecule has 0 saturated heterocycles. The summed E-state index contributed by atoms with van der Waals surface area (Å²) in [6, 6.07) is 18.3. The van der Waals surface area contributed by atoms with Gasteiger partial charge in [-0.1, -0.05) is 42.0 Å². The number of aromatic nitrogens is 1. The summed E-state index contributed by atoms with van der Waals surface area (Å²) in [6.45, 7) is 1.93. The van der Waals surface area contributed by atoms with Gasteiger partial charge in [0.25, 0.3) is 0 Å². The molecule has 0 radical (unpaired) electrons. The van der Waals surface area contributed by atoms with Crippen molar-refractivity contribution in [1.82, 2.24) is 9.71 Å². The molecule has 0 saturated carbocycles. The molecular formula is C22H17N3O4S. The fraction of sp³-hybridized carbons (Fsp3) is 0.0455. The number of anilines is 1. The minimum absolute atomic E-state index is 0.0311. The monoisotopic (exact) mass is 419 g/mol. The molecule has 0 spiro atoms. The number of phenolic OH excluding ortho intramolecular Hbond substituents is 1. The van der Waals surface area contributed by atoms with E-state index >= 15 is 0 Å². The van der Waals surface area contributed by atoms with E-state index in [2.05, 4.69) is 15.0 Å². The van der Waals surface area contributed by atoms with E-state index in [-0.39, 0.29) is 16.8 Å². The fourth-order valence-corrected chi connectivity index (χ4v) is 3.26. The predicted molar refractivity (Wildman–Crippen MR) is 116 cm³/mol. The third-order valence-electron chi connectivity index (χ3n) is 4.30. The number of oxazole rings is 1. The maximum Gasteiger partial charge on any atom is 0.329 e. The van der Waals surface area contributed by atoms with Gasteiger partial charge in [-0.25, -0.2) is 9.78 Å². The lowest BCUT2D eigenvalue weighted by Crippen LogP contribution is -2.24. The van der Waals surface area contributed by atoms with Gasteiger partial charge in [-0.05, 0) is 37.3 Å². The molecule has 30 heavy (non-hydrogen) atoms. The first kappa shape index (κ1) is 19.5. The molecule has 0 aliphatic carbocycles. The van der Waals surface area contributed by atoms with Crippen LogP contribution >= 0.6 is 11.9 Å². The van der Waals surface area contributed by atoms with Crippen LogP contribution in [0, 0.1) is 6.92 Å². The third kappa shape index (κ3) is 4.28. The average Bonchev–Trinajstić information content (AvgIpc) is 3.18. The van der Waals surface area contributed by atoms with Gasteiger partial charge in [-0.3, -0.25) is 9.52 Å². The zero-order chi connectivity index (χ0) is 21.1. The van der Waals surface area contributed by atoms with Crippen molar-refractivity contribution in [1.29, 1.82) is 0 Å². The molecule has 0 unspecified atom stereocenters. The summed E-state index contributed by atoms with van der Waals surface area (Å²) in [5, 5.41) is 12.5. The van der Waals surface area contributed by atoms with E-state index in [1.54, 1.807) is 30.3 Å². The standard InChI is InChI=1S/C22H17N3O4S/c1-13-6-8-14(9-7-13)21(27)30-25-22(28)23-15-10-11-18(26)16(12-15)20-24-17-4-2-3-5-19(17)29-20/h2-12,26H,1H3,(H2,23,25,28). The van der Waals surface area contributed by atoms with E-state index in [4.69, 9.17) is 4.42 Å². The largest absolute Gasteiger partial charge is 0.507 e. The van der Waals surface area contributed by atoms with Crippen LogP contribution in [0.1, 0.15) is 15.9 Å². The average molecular weight is 419 g/mol. The van der Waals surface area contributed by atoms with Crippen molar-refractivity contribution < 1.29 is 19.1 Å². The van der Waals surface area contributed by atoms with E-state index in [9.17, 15) is 14.7 Å². The number of nitrogens with zero attached hydrogens (tertiary/aromatic N) is 1. The van der Waals surface area contributed by atoms with E-state index < -0.39 is 6.03 Å². The summed E-state index contributed by atoms with van der Waals surface area (Å²) in [6.07, 6.45) is 0. The van der Waals surface area contributed by atoms with Crippen molar-refractivity contribution >= 4 is 39.9 Å². The van der Waals surface area contributed by atoms with Crippen LogP contribution in [0.3, 0.4) is 0 Å². The second kappa shape index (κ2) is 8.30. The van der Waals surface area contributed by atoms with Crippen molar-refractivity contribution in [3.63, 3.8) is 0 Å². The molecule has 8 heteroatoms. The van der Waals surface area contributed by atoms with Gasteiger partial charge in [0.05, 0.1) is 5.56 Å². The molecule has 3 aromatic carbocycles. The SMILES string of the molecule is Cc1ccc(C(=O)SNC(=O)Nc2ccc(O)c(-c3nc4ccccc4o3)c2)cc1. The van der Waals surface area contributed by atoms with Gasteiger partial charge in [0.2, 0.25) is 11.0 Å². The third-order valence-corrected chi connectivity index (χ3v) is 5.01. The molecule has 7 nitrogen and oxygen atoms in total. The second-order valence-corrected chi connectivity index (χ2v) is 7.31. The minimum Gasteiger partial charge on any atom is -0.507 e. The molecule has 150 valence electrons. The number of amides is 2. The van der Waals surface area contributed by atoms with Crippen molar-refractivity contribution in [2.24, 2.45) is 0 Å². The Labute approximate surface area is 176 Å². The number of carbonyl (C=O) groups is 2. The molecule has 0 aliphatic heterocycles. The zero-order valence-electron chi connectivity index (χ0n) is 15.9. The van der Waals surface area contributed by atoms with Crippen LogP contribution in [-0.4, -0.2) is 21.2 Å². The summed E-state index contributed by atoms with van der Waals surface area (Å²) >= 11 is 0.688. The molecule has 0 bridgehead atoms. The molecule has 3 N–H and O–H groups in total. The number of rotatable bonds is 3. The Morgan fingerprint density at radius 3 is 2.57 bits per heavy atom. The fourth-order valence-electron chi connectivity index (χ4n) is 2.77. The highest BCUT2D eigenvalue weighted by Crippen LogP contribution is 2.33. The highest BCUT2D eigenvalue weighted by atomic mass is 32.2. The Balaban J connectivity index is 1.44. The molecule has 4 aromatic rings. The topological polar surface area (TPSA) is 104 Å². The first-order chi connectivity index (χ1) is 14.5. The van der Waals surface area contributed by atoms with E-state index in [1.807, 2.05) is 31.2 Å². The molecule has 2 amide bonds. The smallest absolute Gasteiger partial charge is 0.329 e. The molecule has 0 aliphatic rings. The Hall–Kier alpha value is -3.78. The molecule has 1 heterocycles. The number of para-hydroxylation sites is 2. The number of hydrogen-bond acceptors (Lipinski definition) is 6. The van der Waals surface area contributed by atoms with Crippen LogP contribution in [0.25, 0.3) is 22.6 Å². The normalized spacial score (nSPS) is 10.7. The summed E-state index contributed by atoms with van der Waals surface area (Å²) in [5.74, 6) is 0.207. The van der Waals surface area contributed by atoms with Crippen LogP contribution in [0.15, 0.2) is 71.1 Å². The first-order valence-corrected chi connectivity index (χ1v) is 9.85. The number of urea groups is 1. The number of aryl methyl sites for hydroxylation is 1. The Morgan fingerprint density at radius 1 is 1.03 bits per heavy atom. The Kier molecular flexibility index (Phi) is 5.40. The Bertz CT molecular complexity index is 1200.